The van der Waals surface area contributed by atoms with Gasteiger partial charge in [0.25, 0.3) is 0 Å². The van der Waals surface area contributed by atoms with Crippen molar-refractivity contribution >= 4 is 10.9 Å². The van der Waals surface area contributed by atoms with Gasteiger partial charge in [-0.25, -0.2) is 4.39 Å². The second-order valence-corrected chi connectivity index (χ2v) is 4.91. The van der Waals surface area contributed by atoms with Crippen LogP contribution in [0.3, 0.4) is 0 Å². The number of aryl methyl sites for hydroxylation is 2. The van der Waals surface area contributed by atoms with Crippen molar-refractivity contribution in [3.63, 3.8) is 0 Å². The molecule has 0 spiro atoms. The largest absolute Gasteiger partial charge is 0.347 e. The van der Waals surface area contributed by atoms with Gasteiger partial charge in [-0.2, -0.15) is 0 Å². The summed E-state index contributed by atoms with van der Waals surface area (Å²) < 4.78 is 15.5. The predicted molar refractivity (Wildman–Crippen MR) is 67.6 cm³/mol. The Hall–Kier alpha value is -1.35. The molecule has 0 amide bonds. The molecule has 0 aliphatic heterocycles. The summed E-state index contributed by atoms with van der Waals surface area (Å²) in [6.07, 6.45) is 3.43. The van der Waals surface area contributed by atoms with E-state index in [4.69, 9.17) is 5.73 Å². The van der Waals surface area contributed by atoms with Crippen LogP contribution in [-0.2, 0) is 13.5 Å². The Morgan fingerprint density at radius 1 is 1.47 bits per heavy atom. The average Bonchev–Trinajstić information content (AvgIpc) is 2.63. The van der Waals surface area contributed by atoms with Gasteiger partial charge in [-0.15, -0.1) is 0 Å². The maximum atomic E-state index is 13.3. The van der Waals surface area contributed by atoms with E-state index >= 15 is 0 Å². The minimum absolute atomic E-state index is 0.167. The summed E-state index contributed by atoms with van der Waals surface area (Å²) in [5.74, 6) is 0.263. The number of hydrogen-bond acceptors (Lipinski definition) is 1. The van der Waals surface area contributed by atoms with Gasteiger partial charge in [-0.1, -0.05) is 0 Å². The van der Waals surface area contributed by atoms with Gasteiger partial charge in [0.1, 0.15) is 5.82 Å². The van der Waals surface area contributed by atoms with Crippen LogP contribution < -0.4 is 5.73 Å². The summed E-state index contributed by atoms with van der Waals surface area (Å²) >= 11 is 0. The molecule has 1 unspecified atom stereocenters. The highest BCUT2D eigenvalue weighted by Crippen LogP contribution is 2.37. The molecule has 1 aliphatic carbocycles. The molecule has 0 fully saturated rings. The van der Waals surface area contributed by atoms with Gasteiger partial charge in [-0.05, 0) is 43.0 Å². The Morgan fingerprint density at radius 2 is 2.29 bits per heavy atom. The fraction of sp³-hybridized carbons (Fsp3) is 0.429. The van der Waals surface area contributed by atoms with E-state index in [0.29, 0.717) is 12.5 Å². The third kappa shape index (κ3) is 1.49. The molecule has 2 nitrogen and oxygen atoms in total. The van der Waals surface area contributed by atoms with E-state index in [1.807, 2.05) is 13.1 Å². The van der Waals surface area contributed by atoms with E-state index in [9.17, 15) is 4.39 Å². The molecule has 0 bridgehead atoms. The van der Waals surface area contributed by atoms with Crippen molar-refractivity contribution in [2.45, 2.75) is 25.2 Å². The van der Waals surface area contributed by atoms with Crippen LogP contribution in [0, 0.1) is 5.82 Å². The first kappa shape index (κ1) is 10.8. The van der Waals surface area contributed by atoms with Crippen molar-refractivity contribution in [3.05, 3.63) is 35.3 Å². The molecule has 3 heteroatoms. The van der Waals surface area contributed by atoms with Crippen molar-refractivity contribution in [1.29, 1.82) is 0 Å². The third-order valence-corrected chi connectivity index (χ3v) is 3.97. The zero-order chi connectivity index (χ0) is 12.0. The molecule has 2 N–H and O–H groups in total. The van der Waals surface area contributed by atoms with Crippen LogP contribution in [0.2, 0.25) is 0 Å². The second kappa shape index (κ2) is 3.84. The third-order valence-electron chi connectivity index (χ3n) is 3.97. The summed E-state index contributed by atoms with van der Waals surface area (Å²) in [5.41, 5.74) is 9.54. The Morgan fingerprint density at radius 3 is 3.06 bits per heavy atom. The van der Waals surface area contributed by atoms with Gasteiger partial charge in [0.05, 0.1) is 5.52 Å². The molecule has 90 valence electrons. The molecule has 1 aromatic heterocycles. The number of benzene rings is 1. The van der Waals surface area contributed by atoms with Crippen molar-refractivity contribution in [2.75, 3.05) is 6.54 Å². The van der Waals surface area contributed by atoms with E-state index in [1.54, 1.807) is 12.1 Å². The molecule has 0 radical (unpaired) electrons. The van der Waals surface area contributed by atoms with Crippen LogP contribution in [0.25, 0.3) is 10.9 Å². The topological polar surface area (TPSA) is 30.9 Å². The molecule has 1 heterocycles. The normalized spacial score (nSPS) is 19.6. The summed E-state index contributed by atoms with van der Waals surface area (Å²) in [7, 11) is 2.02. The molecule has 17 heavy (non-hydrogen) atoms. The van der Waals surface area contributed by atoms with E-state index in [0.717, 1.165) is 18.4 Å². The number of rotatable bonds is 1. The summed E-state index contributed by atoms with van der Waals surface area (Å²) in [6, 6.07) is 5.08. The minimum Gasteiger partial charge on any atom is -0.347 e. The lowest BCUT2D eigenvalue weighted by molar-refractivity contribution is 0.534. The highest BCUT2D eigenvalue weighted by molar-refractivity contribution is 5.86. The smallest absolute Gasteiger partial charge is 0.125 e. The van der Waals surface area contributed by atoms with Crippen LogP contribution >= 0.6 is 0 Å². The summed E-state index contributed by atoms with van der Waals surface area (Å²) in [6.45, 7) is 0.680. The first-order chi connectivity index (χ1) is 8.22. The number of aromatic nitrogens is 1. The number of halogens is 1. The quantitative estimate of drug-likeness (QED) is 0.805. The Bertz CT molecular complexity index is 571. The fourth-order valence-corrected chi connectivity index (χ4v) is 3.18. The molecule has 1 atom stereocenters. The van der Waals surface area contributed by atoms with Crippen molar-refractivity contribution in [1.82, 2.24) is 4.57 Å². The van der Waals surface area contributed by atoms with Crippen LogP contribution in [0.15, 0.2) is 18.2 Å². The fourth-order valence-electron chi connectivity index (χ4n) is 3.18. The molecule has 0 saturated carbocycles. The lowest BCUT2D eigenvalue weighted by atomic mass is 9.87. The van der Waals surface area contributed by atoms with E-state index in [2.05, 4.69) is 4.57 Å². The SMILES string of the molecule is Cn1c2c(c3ccc(F)cc31)CCCC2CN. The van der Waals surface area contributed by atoms with E-state index in [1.165, 1.54) is 23.1 Å². The van der Waals surface area contributed by atoms with Gasteiger partial charge in [0.2, 0.25) is 0 Å². The van der Waals surface area contributed by atoms with E-state index in [-0.39, 0.29) is 5.82 Å². The van der Waals surface area contributed by atoms with E-state index < -0.39 is 0 Å². The van der Waals surface area contributed by atoms with Crippen LogP contribution in [0.1, 0.15) is 30.0 Å². The second-order valence-electron chi connectivity index (χ2n) is 4.91. The predicted octanol–water partition coefficient (Wildman–Crippen LogP) is 2.70. The van der Waals surface area contributed by atoms with Crippen LogP contribution in [-0.4, -0.2) is 11.1 Å². The molecule has 1 aromatic carbocycles. The Labute approximate surface area is 100 Å². The zero-order valence-corrected chi connectivity index (χ0v) is 10.0. The lowest BCUT2D eigenvalue weighted by Crippen LogP contribution is -2.20. The standard InChI is InChI=1S/C14H17FN2/c1-17-13-7-10(15)5-6-11(13)12-4-2-3-9(8-16)14(12)17/h5-7,9H,2-4,8,16H2,1H3. The zero-order valence-electron chi connectivity index (χ0n) is 10.0. The van der Waals surface area contributed by atoms with Crippen LogP contribution in [0.5, 0.6) is 0 Å². The molecule has 2 aromatic rings. The Balaban J connectivity index is 2.33. The molecular formula is C14H17FN2. The maximum Gasteiger partial charge on any atom is 0.125 e. The number of fused-ring (bicyclic) bond motifs is 3. The van der Waals surface area contributed by atoms with Gasteiger partial charge in [0.15, 0.2) is 0 Å². The lowest BCUT2D eigenvalue weighted by Gasteiger charge is -2.23. The van der Waals surface area contributed by atoms with Crippen molar-refractivity contribution in [2.24, 2.45) is 12.8 Å². The summed E-state index contributed by atoms with van der Waals surface area (Å²) in [5, 5.41) is 1.20. The van der Waals surface area contributed by atoms with Gasteiger partial charge >= 0.3 is 0 Å². The first-order valence-electron chi connectivity index (χ1n) is 6.19. The minimum atomic E-state index is -0.167. The molecule has 0 saturated heterocycles. The number of nitrogens with two attached hydrogens (primary N) is 1. The summed E-state index contributed by atoms with van der Waals surface area (Å²) in [4.78, 5) is 0. The van der Waals surface area contributed by atoms with Crippen molar-refractivity contribution in [3.8, 4) is 0 Å². The van der Waals surface area contributed by atoms with Crippen molar-refractivity contribution < 1.29 is 4.39 Å². The highest BCUT2D eigenvalue weighted by atomic mass is 19.1. The molecule has 1 aliphatic rings. The molecular weight excluding hydrogens is 215 g/mol. The average molecular weight is 232 g/mol. The first-order valence-corrected chi connectivity index (χ1v) is 6.19. The number of hydrogen-bond donors (Lipinski definition) is 1. The van der Waals surface area contributed by atoms with Gasteiger partial charge in [-0.3, -0.25) is 0 Å². The maximum absolute atomic E-state index is 13.3. The van der Waals surface area contributed by atoms with Crippen LogP contribution in [0.4, 0.5) is 4.39 Å². The number of nitrogens with zero attached hydrogens (tertiary/aromatic N) is 1. The van der Waals surface area contributed by atoms with Gasteiger partial charge in [0, 0.05) is 30.6 Å². The highest BCUT2D eigenvalue weighted by Gasteiger charge is 2.25. The Kier molecular flexibility index (Phi) is 2.44. The van der Waals surface area contributed by atoms with Gasteiger partial charge < -0.3 is 10.3 Å². The monoisotopic (exact) mass is 232 g/mol. The molecule has 3 rings (SSSR count).